The minimum absolute atomic E-state index is 0.0000577. The normalized spacial score (nSPS) is 15.8. The number of anilines is 1. The summed E-state index contributed by atoms with van der Waals surface area (Å²) < 4.78 is 6.19. The van der Waals surface area contributed by atoms with Crippen molar-refractivity contribution in [1.82, 2.24) is 0 Å². The van der Waals surface area contributed by atoms with Crippen LogP contribution in [0, 0.1) is 5.92 Å². The molecule has 0 spiro atoms. The molecule has 2 aromatic rings. The Morgan fingerprint density at radius 1 is 1.27 bits per heavy atom. The average Bonchev–Trinajstić information content (AvgIpc) is 2.91. The molecular weight excluding hydrogens is 302 g/mol. The Morgan fingerprint density at radius 3 is 2.77 bits per heavy atom. The van der Waals surface area contributed by atoms with E-state index in [2.05, 4.69) is 5.32 Å². The molecule has 1 aliphatic rings. The van der Waals surface area contributed by atoms with Gasteiger partial charge in [0.15, 0.2) is 0 Å². The molecule has 2 N–H and O–H groups in total. The summed E-state index contributed by atoms with van der Waals surface area (Å²) in [6, 6.07) is 7.11. The molecule has 5 nitrogen and oxygen atoms in total. The largest absolute Gasteiger partial charge is 0.477 e. The van der Waals surface area contributed by atoms with Gasteiger partial charge in [0.1, 0.15) is 4.88 Å². The summed E-state index contributed by atoms with van der Waals surface area (Å²) in [6.07, 6.45) is 2.36. The zero-order chi connectivity index (χ0) is 15.5. The van der Waals surface area contributed by atoms with Crippen LogP contribution >= 0.6 is 11.3 Å². The highest BCUT2D eigenvalue weighted by Crippen LogP contribution is 2.28. The van der Waals surface area contributed by atoms with Crippen LogP contribution in [0.3, 0.4) is 0 Å². The first-order valence-electron chi connectivity index (χ1n) is 7.26. The van der Waals surface area contributed by atoms with Crippen LogP contribution in [0.25, 0.3) is 10.1 Å². The van der Waals surface area contributed by atoms with E-state index in [1.807, 2.05) is 18.2 Å². The summed E-state index contributed by atoms with van der Waals surface area (Å²) in [7, 11) is 0. The Bertz CT molecular complexity index is 703. The number of hydrogen-bond donors (Lipinski definition) is 2. The molecule has 2 heterocycles. The predicted molar refractivity (Wildman–Crippen MR) is 85.6 cm³/mol. The molecule has 1 amide bonds. The number of rotatable bonds is 4. The lowest BCUT2D eigenvalue weighted by molar-refractivity contribution is -0.117. The topological polar surface area (TPSA) is 75.6 Å². The Morgan fingerprint density at radius 2 is 2.05 bits per heavy atom. The molecule has 1 aliphatic heterocycles. The second kappa shape index (κ2) is 6.46. The van der Waals surface area contributed by atoms with Gasteiger partial charge in [-0.25, -0.2) is 4.79 Å². The first-order chi connectivity index (χ1) is 10.6. The second-order valence-corrected chi connectivity index (χ2v) is 6.56. The molecule has 1 aromatic heterocycles. The molecule has 1 fully saturated rings. The molecule has 3 rings (SSSR count). The maximum atomic E-state index is 12.1. The van der Waals surface area contributed by atoms with E-state index < -0.39 is 5.97 Å². The van der Waals surface area contributed by atoms with E-state index in [1.54, 1.807) is 6.07 Å². The van der Waals surface area contributed by atoms with Crippen LogP contribution in [0.5, 0.6) is 0 Å². The van der Waals surface area contributed by atoms with Crippen molar-refractivity contribution in [2.45, 2.75) is 19.3 Å². The average molecular weight is 319 g/mol. The monoisotopic (exact) mass is 319 g/mol. The minimum Gasteiger partial charge on any atom is -0.477 e. The van der Waals surface area contributed by atoms with E-state index in [4.69, 9.17) is 9.84 Å². The summed E-state index contributed by atoms with van der Waals surface area (Å²) in [5.74, 6) is -0.538. The summed E-state index contributed by atoms with van der Waals surface area (Å²) >= 11 is 1.24. The Hall–Kier alpha value is -1.92. The maximum absolute atomic E-state index is 12.1. The Balaban J connectivity index is 1.67. The van der Waals surface area contributed by atoms with Crippen LogP contribution < -0.4 is 5.32 Å². The zero-order valence-corrected chi connectivity index (χ0v) is 12.8. The van der Waals surface area contributed by atoms with Crippen LogP contribution in [0.2, 0.25) is 0 Å². The molecule has 0 bridgehead atoms. The smallest absolute Gasteiger partial charge is 0.345 e. The van der Waals surface area contributed by atoms with E-state index in [1.165, 1.54) is 11.3 Å². The molecule has 1 aromatic carbocycles. The highest BCUT2D eigenvalue weighted by Gasteiger charge is 2.17. The fourth-order valence-corrected chi connectivity index (χ4v) is 3.53. The number of ether oxygens (including phenoxy) is 1. The van der Waals surface area contributed by atoms with Crippen LogP contribution in [0.4, 0.5) is 5.69 Å². The molecular formula is C16H17NO4S. The van der Waals surface area contributed by atoms with Crippen molar-refractivity contribution in [3.8, 4) is 0 Å². The first kappa shape index (κ1) is 15.0. The van der Waals surface area contributed by atoms with Crippen molar-refractivity contribution in [2.75, 3.05) is 18.5 Å². The Kier molecular flexibility index (Phi) is 4.40. The van der Waals surface area contributed by atoms with Gasteiger partial charge >= 0.3 is 5.97 Å². The van der Waals surface area contributed by atoms with Crippen molar-refractivity contribution in [1.29, 1.82) is 0 Å². The van der Waals surface area contributed by atoms with E-state index >= 15 is 0 Å². The van der Waals surface area contributed by atoms with Gasteiger partial charge in [0.25, 0.3) is 0 Å². The molecule has 0 aliphatic carbocycles. The van der Waals surface area contributed by atoms with Crippen molar-refractivity contribution in [2.24, 2.45) is 5.92 Å². The van der Waals surface area contributed by atoms with E-state index in [-0.39, 0.29) is 5.91 Å². The molecule has 116 valence electrons. The standard InChI is InChI=1S/C16H17NO4S/c18-15(7-10-3-5-21-6-4-10)17-12-1-2-13-11(8-12)9-14(22-13)16(19)20/h1-2,8-10H,3-7H2,(H,17,18)(H,19,20). The number of nitrogens with one attached hydrogen (secondary N) is 1. The van der Waals surface area contributed by atoms with Crippen LogP contribution in [-0.4, -0.2) is 30.2 Å². The maximum Gasteiger partial charge on any atom is 0.345 e. The molecule has 1 saturated heterocycles. The fourth-order valence-electron chi connectivity index (χ4n) is 2.65. The third-order valence-corrected chi connectivity index (χ3v) is 4.93. The third-order valence-electron chi connectivity index (χ3n) is 3.83. The number of carbonyl (C=O) groups excluding carboxylic acids is 1. The molecule has 0 saturated carbocycles. The van der Waals surface area contributed by atoms with Gasteiger partial charge in [-0.15, -0.1) is 11.3 Å². The zero-order valence-electron chi connectivity index (χ0n) is 12.0. The van der Waals surface area contributed by atoms with Crippen molar-refractivity contribution >= 4 is 39.0 Å². The van der Waals surface area contributed by atoms with Crippen LogP contribution in [0.1, 0.15) is 28.9 Å². The number of carbonyl (C=O) groups is 2. The summed E-state index contributed by atoms with van der Waals surface area (Å²) in [6.45, 7) is 1.47. The Labute approximate surface area is 131 Å². The highest BCUT2D eigenvalue weighted by molar-refractivity contribution is 7.20. The van der Waals surface area contributed by atoms with Gasteiger partial charge in [0.05, 0.1) is 0 Å². The van der Waals surface area contributed by atoms with Crippen molar-refractivity contribution in [3.63, 3.8) is 0 Å². The molecule has 6 heteroatoms. The number of hydrogen-bond acceptors (Lipinski definition) is 4. The van der Waals surface area contributed by atoms with Gasteiger partial charge in [-0.05, 0) is 48.4 Å². The SMILES string of the molecule is O=C(CC1CCOCC1)Nc1ccc2sc(C(=O)O)cc2c1. The lowest BCUT2D eigenvalue weighted by atomic mass is 9.96. The second-order valence-electron chi connectivity index (χ2n) is 5.48. The fraction of sp³-hybridized carbons (Fsp3) is 0.375. The van der Waals surface area contributed by atoms with Gasteiger partial charge in [-0.1, -0.05) is 0 Å². The quantitative estimate of drug-likeness (QED) is 0.906. The minimum atomic E-state index is -0.925. The lowest BCUT2D eigenvalue weighted by Crippen LogP contribution is -2.22. The van der Waals surface area contributed by atoms with Gasteiger partial charge < -0.3 is 15.2 Å². The number of amides is 1. The van der Waals surface area contributed by atoms with Crippen molar-refractivity contribution in [3.05, 3.63) is 29.1 Å². The summed E-state index contributed by atoms with van der Waals surface area (Å²) in [4.78, 5) is 23.4. The van der Waals surface area contributed by atoms with Gasteiger partial charge in [0, 0.05) is 30.0 Å². The highest BCUT2D eigenvalue weighted by atomic mass is 32.1. The number of carboxylic acids is 1. The summed E-state index contributed by atoms with van der Waals surface area (Å²) in [5, 5.41) is 12.7. The van der Waals surface area contributed by atoms with E-state index in [0.717, 1.165) is 36.1 Å². The van der Waals surface area contributed by atoms with E-state index in [9.17, 15) is 9.59 Å². The third kappa shape index (κ3) is 3.45. The van der Waals surface area contributed by atoms with Gasteiger partial charge in [-0.2, -0.15) is 0 Å². The summed E-state index contributed by atoms with van der Waals surface area (Å²) in [5.41, 5.74) is 0.708. The number of carboxylic acid groups (broad SMARTS) is 1. The molecule has 22 heavy (non-hydrogen) atoms. The van der Waals surface area contributed by atoms with Crippen LogP contribution in [-0.2, 0) is 9.53 Å². The number of fused-ring (bicyclic) bond motifs is 1. The van der Waals surface area contributed by atoms with Crippen molar-refractivity contribution < 1.29 is 19.4 Å². The van der Waals surface area contributed by atoms with E-state index in [0.29, 0.717) is 22.9 Å². The lowest BCUT2D eigenvalue weighted by Gasteiger charge is -2.21. The molecule has 0 unspecified atom stereocenters. The number of thiophene rings is 1. The number of benzene rings is 1. The number of aromatic carboxylic acids is 1. The predicted octanol–water partition coefficient (Wildman–Crippen LogP) is 3.35. The van der Waals surface area contributed by atoms with Crippen LogP contribution in [0.15, 0.2) is 24.3 Å². The molecule has 0 atom stereocenters. The van der Waals surface area contributed by atoms with Gasteiger partial charge in [-0.3, -0.25) is 4.79 Å². The first-order valence-corrected chi connectivity index (χ1v) is 8.08. The molecule has 0 radical (unpaired) electrons. The van der Waals surface area contributed by atoms with Gasteiger partial charge in [0.2, 0.25) is 5.91 Å².